The van der Waals surface area contributed by atoms with Crippen LogP contribution in [0.5, 0.6) is 6.01 Å². The minimum Gasteiger partial charge on any atom is -0.464 e. The Morgan fingerprint density at radius 1 is 1.27 bits per heavy atom. The van der Waals surface area contributed by atoms with Crippen LogP contribution in [0.2, 0.25) is 0 Å². The summed E-state index contributed by atoms with van der Waals surface area (Å²) in [5.74, 6) is 0.0562. The SMILES string of the molecule is Cc1nsc2ccc(-n3c(OCC(C)C)nc(C(F)(F)F)cc3=O)cc12. The molecule has 0 N–H and O–H groups in total. The van der Waals surface area contributed by atoms with Crippen LogP contribution in [0.1, 0.15) is 25.2 Å². The molecule has 3 rings (SSSR count). The quantitative estimate of drug-likeness (QED) is 0.677. The van der Waals surface area contributed by atoms with Gasteiger partial charge in [-0.05, 0) is 42.6 Å². The van der Waals surface area contributed by atoms with E-state index in [1.165, 1.54) is 11.5 Å². The Balaban J connectivity index is 2.20. The second-order valence-electron chi connectivity index (χ2n) is 6.25. The largest absolute Gasteiger partial charge is 0.464 e. The topological polar surface area (TPSA) is 57.0 Å². The smallest absolute Gasteiger partial charge is 0.433 e. The molecule has 0 fully saturated rings. The molecule has 0 saturated heterocycles. The van der Waals surface area contributed by atoms with Crippen molar-refractivity contribution in [3.63, 3.8) is 0 Å². The zero-order valence-electron chi connectivity index (χ0n) is 14.3. The molecule has 0 saturated carbocycles. The summed E-state index contributed by atoms with van der Waals surface area (Å²) in [5.41, 5.74) is -0.964. The van der Waals surface area contributed by atoms with E-state index in [0.717, 1.165) is 20.3 Å². The molecule has 0 aliphatic rings. The Kier molecular flexibility index (Phi) is 4.74. The molecule has 9 heteroatoms. The van der Waals surface area contributed by atoms with E-state index in [1.807, 2.05) is 20.8 Å². The van der Waals surface area contributed by atoms with Gasteiger partial charge >= 0.3 is 12.2 Å². The summed E-state index contributed by atoms with van der Waals surface area (Å²) in [7, 11) is 0. The number of aromatic nitrogens is 3. The van der Waals surface area contributed by atoms with Crippen LogP contribution >= 0.6 is 11.5 Å². The van der Waals surface area contributed by atoms with Crippen LogP contribution in [-0.2, 0) is 6.18 Å². The maximum absolute atomic E-state index is 13.0. The highest BCUT2D eigenvalue weighted by atomic mass is 32.1. The molecule has 1 aromatic carbocycles. The fourth-order valence-corrected chi connectivity index (χ4v) is 3.14. The van der Waals surface area contributed by atoms with E-state index in [1.54, 1.807) is 18.2 Å². The third-order valence-electron chi connectivity index (χ3n) is 3.62. The van der Waals surface area contributed by atoms with E-state index in [-0.39, 0.29) is 18.5 Å². The van der Waals surface area contributed by atoms with Crippen LogP contribution in [-0.4, -0.2) is 20.5 Å². The van der Waals surface area contributed by atoms with Crippen LogP contribution in [0.25, 0.3) is 15.8 Å². The molecule has 0 radical (unpaired) electrons. The Hall–Kier alpha value is -2.42. The Labute approximate surface area is 151 Å². The lowest BCUT2D eigenvalue weighted by atomic mass is 10.2. The van der Waals surface area contributed by atoms with Crippen molar-refractivity contribution >= 4 is 21.6 Å². The van der Waals surface area contributed by atoms with Crippen molar-refractivity contribution < 1.29 is 17.9 Å². The first kappa shape index (κ1) is 18.4. The molecule has 0 bridgehead atoms. The Morgan fingerprint density at radius 2 is 2.00 bits per heavy atom. The first-order valence-electron chi connectivity index (χ1n) is 7.87. The molecular weight excluding hydrogens is 367 g/mol. The molecule has 138 valence electrons. The summed E-state index contributed by atoms with van der Waals surface area (Å²) in [6.45, 7) is 5.66. The highest BCUT2D eigenvalue weighted by Crippen LogP contribution is 2.30. The third-order valence-corrected chi connectivity index (χ3v) is 4.53. The second kappa shape index (κ2) is 6.71. The number of ether oxygens (including phenoxy) is 1. The maximum atomic E-state index is 13.0. The van der Waals surface area contributed by atoms with Gasteiger partial charge in [-0.15, -0.1) is 0 Å². The Morgan fingerprint density at radius 3 is 2.65 bits per heavy atom. The van der Waals surface area contributed by atoms with Crippen LogP contribution in [0.15, 0.2) is 29.1 Å². The number of aryl methyl sites for hydroxylation is 1. The van der Waals surface area contributed by atoms with E-state index in [4.69, 9.17) is 4.74 Å². The lowest BCUT2D eigenvalue weighted by Gasteiger charge is -2.16. The maximum Gasteiger partial charge on any atom is 0.433 e. The molecule has 2 aromatic heterocycles. The predicted octanol–water partition coefficient (Wildman–Crippen LogP) is 4.20. The minimum absolute atomic E-state index is 0.0562. The van der Waals surface area contributed by atoms with Crippen molar-refractivity contribution in [3.8, 4) is 11.7 Å². The van der Waals surface area contributed by atoms with Gasteiger partial charge in [-0.2, -0.15) is 22.5 Å². The van der Waals surface area contributed by atoms with Crippen molar-refractivity contribution in [2.24, 2.45) is 5.92 Å². The highest BCUT2D eigenvalue weighted by molar-refractivity contribution is 7.13. The zero-order valence-corrected chi connectivity index (χ0v) is 15.1. The molecule has 0 atom stereocenters. The molecule has 0 unspecified atom stereocenters. The average Bonchev–Trinajstić information content (AvgIpc) is 2.92. The molecule has 2 heterocycles. The second-order valence-corrected chi connectivity index (χ2v) is 7.05. The van der Waals surface area contributed by atoms with Crippen LogP contribution in [0, 0.1) is 12.8 Å². The summed E-state index contributed by atoms with van der Waals surface area (Å²) in [6.07, 6.45) is -4.73. The monoisotopic (exact) mass is 383 g/mol. The normalized spacial score (nSPS) is 12.1. The lowest BCUT2D eigenvalue weighted by Crippen LogP contribution is -2.26. The minimum atomic E-state index is -4.73. The number of nitrogens with zero attached hydrogens (tertiary/aromatic N) is 3. The molecular formula is C17H16F3N3O2S. The van der Waals surface area contributed by atoms with Gasteiger partial charge in [-0.1, -0.05) is 13.8 Å². The Bertz CT molecular complexity index is 1010. The number of benzene rings is 1. The summed E-state index contributed by atoms with van der Waals surface area (Å²) in [4.78, 5) is 16.0. The first-order valence-corrected chi connectivity index (χ1v) is 8.64. The van der Waals surface area contributed by atoms with Crippen molar-refractivity contribution in [1.29, 1.82) is 0 Å². The molecule has 26 heavy (non-hydrogen) atoms. The van der Waals surface area contributed by atoms with E-state index in [2.05, 4.69) is 9.36 Å². The fourth-order valence-electron chi connectivity index (χ4n) is 2.37. The van der Waals surface area contributed by atoms with Crippen molar-refractivity contribution in [3.05, 3.63) is 46.0 Å². The number of fused-ring (bicyclic) bond motifs is 1. The van der Waals surface area contributed by atoms with E-state index >= 15 is 0 Å². The van der Waals surface area contributed by atoms with Crippen molar-refractivity contribution in [2.45, 2.75) is 26.9 Å². The summed E-state index contributed by atoms with van der Waals surface area (Å²) in [5, 5.41) is 0.828. The zero-order chi connectivity index (χ0) is 19.1. The van der Waals surface area contributed by atoms with Gasteiger partial charge in [0.25, 0.3) is 5.56 Å². The molecule has 5 nitrogen and oxygen atoms in total. The van der Waals surface area contributed by atoms with E-state index < -0.39 is 17.4 Å². The van der Waals surface area contributed by atoms with Gasteiger partial charge < -0.3 is 4.74 Å². The van der Waals surface area contributed by atoms with Gasteiger partial charge in [-0.25, -0.2) is 4.57 Å². The van der Waals surface area contributed by atoms with Gasteiger partial charge in [0.1, 0.15) is 0 Å². The molecule has 0 amide bonds. The summed E-state index contributed by atoms with van der Waals surface area (Å²) in [6, 6.07) is 5.21. The van der Waals surface area contributed by atoms with Crippen molar-refractivity contribution in [1.82, 2.24) is 13.9 Å². The van der Waals surface area contributed by atoms with Crippen molar-refractivity contribution in [2.75, 3.05) is 6.61 Å². The molecule has 0 aliphatic carbocycles. The number of rotatable bonds is 4. The van der Waals surface area contributed by atoms with Gasteiger partial charge in [0.05, 0.1) is 22.7 Å². The van der Waals surface area contributed by atoms with Gasteiger partial charge in [0.15, 0.2) is 5.69 Å². The average molecular weight is 383 g/mol. The summed E-state index contributed by atoms with van der Waals surface area (Å²) >= 11 is 1.31. The standard InChI is InChI=1S/C17H16F3N3O2S/c1-9(2)8-25-16-21-14(17(18,19)20)7-15(24)23(16)11-4-5-13-12(6-11)10(3)22-26-13/h4-7,9H,8H2,1-3H3. The van der Waals surface area contributed by atoms with Crippen LogP contribution < -0.4 is 10.3 Å². The number of hydrogen-bond donors (Lipinski definition) is 0. The first-order chi connectivity index (χ1) is 12.2. The van der Waals surface area contributed by atoms with Gasteiger partial charge in [0.2, 0.25) is 0 Å². The highest BCUT2D eigenvalue weighted by Gasteiger charge is 2.34. The van der Waals surface area contributed by atoms with Gasteiger partial charge in [-0.3, -0.25) is 4.79 Å². The summed E-state index contributed by atoms with van der Waals surface area (Å²) < 4.78 is 50.7. The fraction of sp³-hybridized carbons (Fsp3) is 0.353. The number of alkyl halides is 3. The molecule has 0 spiro atoms. The van der Waals surface area contributed by atoms with E-state index in [9.17, 15) is 18.0 Å². The molecule has 0 aliphatic heterocycles. The predicted molar refractivity (Wildman–Crippen MR) is 93.1 cm³/mol. The number of halogens is 3. The van der Waals surface area contributed by atoms with E-state index in [0.29, 0.717) is 11.8 Å². The van der Waals surface area contributed by atoms with Crippen LogP contribution in [0.4, 0.5) is 13.2 Å². The third kappa shape index (κ3) is 3.57. The molecule has 3 aromatic rings. The van der Waals surface area contributed by atoms with Gasteiger partial charge in [0, 0.05) is 11.5 Å². The number of hydrogen-bond acceptors (Lipinski definition) is 5. The lowest BCUT2D eigenvalue weighted by molar-refractivity contribution is -0.141. The van der Waals surface area contributed by atoms with Crippen LogP contribution in [0.3, 0.4) is 0 Å².